The average Bonchev–Trinajstić information content (AvgIpc) is 2.84. The van der Waals surface area contributed by atoms with Gasteiger partial charge in [-0.15, -0.1) is 0 Å². The van der Waals surface area contributed by atoms with Gasteiger partial charge >= 0.3 is 11.7 Å². The summed E-state index contributed by atoms with van der Waals surface area (Å²) >= 11 is 0. The highest BCUT2D eigenvalue weighted by atomic mass is 19.1. The average molecular weight is 496 g/mol. The molecule has 4 aromatic rings. The molecule has 186 valence electrons. The Morgan fingerprint density at radius 1 is 1.00 bits per heavy atom. The third kappa shape index (κ3) is 4.74. The number of esters is 1. The molecular formula is C26H22F2N2O6. The number of ether oxygens (including phenoxy) is 2. The molecule has 4 rings (SSSR count). The molecule has 2 aromatic heterocycles. The van der Waals surface area contributed by atoms with Crippen LogP contribution < -0.4 is 16.1 Å². The van der Waals surface area contributed by atoms with E-state index in [1.165, 1.54) is 62.7 Å². The van der Waals surface area contributed by atoms with Crippen molar-refractivity contribution in [3.63, 3.8) is 0 Å². The van der Waals surface area contributed by atoms with E-state index in [0.717, 1.165) is 0 Å². The topological polar surface area (TPSA) is 101 Å². The first-order chi connectivity index (χ1) is 17.2. The Morgan fingerprint density at radius 3 is 2.17 bits per heavy atom. The minimum absolute atomic E-state index is 0.137. The lowest BCUT2D eigenvalue weighted by molar-refractivity contribution is -0.152. The van der Waals surface area contributed by atoms with E-state index >= 15 is 0 Å². The highest BCUT2D eigenvalue weighted by molar-refractivity contribution is 5.78. The van der Waals surface area contributed by atoms with Crippen LogP contribution in [-0.4, -0.2) is 28.7 Å². The quantitative estimate of drug-likeness (QED) is 0.357. The van der Waals surface area contributed by atoms with Gasteiger partial charge in [0, 0.05) is 18.2 Å². The van der Waals surface area contributed by atoms with Crippen LogP contribution in [0.2, 0.25) is 0 Å². The second-order valence-corrected chi connectivity index (χ2v) is 8.14. The van der Waals surface area contributed by atoms with Crippen molar-refractivity contribution in [2.75, 3.05) is 7.11 Å². The monoisotopic (exact) mass is 496 g/mol. The molecule has 0 amide bonds. The number of carbonyl (C=O) groups excluding carboxylic acids is 1. The zero-order valence-corrected chi connectivity index (χ0v) is 19.6. The van der Waals surface area contributed by atoms with Gasteiger partial charge < -0.3 is 13.9 Å². The molecule has 36 heavy (non-hydrogen) atoms. The summed E-state index contributed by atoms with van der Waals surface area (Å²) in [4.78, 5) is 42.6. The van der Waals surface area contributed by atoms with Crippen LogP contribution in [0.5, 0.6) is 5.75 Å². The number of rotatable bonds is 7. The van der Waals surface area contributed by atoms with Crippen LogP contribution in [0.3, 0.4) is 0 Å². The summed E-state index contributed by atoms with van der Waals surface area (Å²) < 4.78 is 44.5. The Labute approximate surface area is 203 Å². The molecule has 0 bridgehead atoms. The van der Waals surface area contributed by atoms with Gasteiger partial charge in [0.05, 0.1) is 7.11 Å². The van der Waals surface area contributed by atoms with Crippen molar-refractivity contribution in [2.24, 2.45) is 0 Å². The number of hydrogen-bond acceptors (Lipinski definition) is 7. The molecule has 2 heterocycles. The van der Waals surface area contributed by atoms with Gasteiger partial charge in [-0.25, -0.2) is 27.9 Å². The molecule has 10 heteroatoms. The fourth-order valence-electron chi connectivity index (χ4n) is 4.10. The Hall–Kier alpha value is -4.34. The van der Waals surface area contributed by atoms with Crippen LogP contribution >= 0.6 is 0 Å². The highest BCUT2D eigenvalue weighted by Crippen LogP contribution is 2.31. The summed E-state index contributed by atoms with van der Waals surface area (Å²) in [7, 11) is 1.34. The molecule has 2 aromatic carbocycles. The van der Waals surface area contributed by atoms with Gasteiger partial charge in [0.25, 0.3) is 5.56 Å². The molecule has 0 unspecified atom stereocenters. The number of benzene rings is 2. The maximum atomic E-state index is 14.0. The Kier molecular flexibility index (Phi) is 6.96. The molecule has 0 saturated heterocycles. The molecule has 0 spiro atoms. The third-order valence-corrected chi connectivity index (χ3v) is 5.81. The molecule has 2 atom stereocenters. The zero-order chi connectivity index (χ0) is 26.0. The Bertz CT molecular complexity index is 1500. The van der Waals surface area contributed by atoms with Gasteiger partial charge in [-0.05, 0) is 49.2 Å². The van der Waals surface area contributed by atoms with Crippen LogP contribution in [0.4, 0.5) is 8.78 Å². The maximum absolute atomic E-state index is 14.0. The largest absolute Gasteiger partial charge is 0.493 e. The fraction of sp³-hybridized carbons (Fsp3) is 0.231. The number of carbonyl (C=O) groups is 1. The van der Waals surface area contributed by atoms with Gasteiger partial charge in [-0.3, -0.25) is 4.79 Å². The normalized spacial score (nSPS) is 12.9. The molecule has 0 aliphatic heterocycles. The molecular weight excluding hydrogens is 474 g/mol. The minimum atomic E-state index is -1.38. The van der Waals surface area contributed by atoms with Gasteiger partial charge in [-0.1, -0.05) is 24.3 Å². The molecule has 0 radical (unpaired) electrons. The van der Waals surface area contributed by atoms with Gasteiger partial charge in [0.2, 0.25) is 5.58 Å². The van der Waals surface area contributed by atoms with Crippen molar-refractivity contribution in [1.82, 2.24) is 9.55 Å². The number of pyridine rings is 1. The Balaban J connectivity index is 1.69. The van der Waals surface area contributed by atoms with E-state index in [2.05, 4.69) is 4.98 Å². The maximum Gasteiger partial charge on any atom is 0.423 e. The number of fused-ring (bicyclic) bond motifs is 1. The second-order valence-electron chi connectivity index (χ2n) is 8.14. The summed E-state index contributed by atoms with van der Waals surface area (Å²) in [6, 6.07) is 11.4. The molecule has 0 N–H and O–H groups in total. The van der Waals surface area contributed by atoms with Crippen LogP contribution in [0.1, 0.15) is 36.9 Å². The first kappa shape index (κ1) is 24.8. The summed E-state index contributed by atoms with van der Waals surface area (Å²) in [5, 5.41) is 0. The van der Waals surface area contributed by atoms with Crippen molar-refractivity contribution in [1.29, 1.82) is 0 Å². The number of aromatic nitrogens is 2. The van der Waals surface area contributed by atoms with Crippen LogP contribution in [-0.2, 0) is 9.53 Å². The Morgan fingerprint density at radius 2 is 1.61 bits per heavy atom. The summed E-state index contributed by atoms with van der Waals surface area (Å²) in [5.74, 6) is -3.63. The number of methoxy groups -OCH3 is 1. The molecule has 0 fully saturated rings. The smallest absolute Gasteiger partial charge is 0.423 e. The van der Waals surface area contributed by atoms with E-state index in [-0.39, 0.29) is 16.8 Å². The van der Waals surface area contributed by atoms with Crippen molar-refractivity contribution >= 4 is 17.1 Å². The highest BCUT2D eigenvalue weighted by Gasteiger charge is 2.30. The summed E-state index contributed by atoms with van der Waals surface area (Å²) in [6.07, 6.45) is 0.380. The second kappa shape index (κ2) is 10.1. The lowest BCUT2D eigenvalue weighted by Gasteiger charge is -2.26. The van der Waals surface area contributed by atoms with E-state index in [1.807, 2.05) is 0 Å². The van der Waals surface area contributed by atoms with E-state index in [0.29, 0.717) is 15.7 Å². The van der Waals surface area contributed by atoms with Crippen molar-refractivity contribution < 1.29 is 27.5 Å². The van der Waals surface area contributed by atoms with Crippen LogP contribution in [0, 0.1) is 11.6 Å². The lowest BCUT2D eigenvalue weighted by Crippen LogP contribution is -2.40. The zero-order valence-electron chi connectivity index (χ0n) is 19.6. The van der Waals surface area contributed by atoms with Gasteiger partial charge in [0.15, 0.2) is 11.3 Å². The number of nitrogens with zero attached hydrogens (tertiary/aromatic N) is 2. The standard InChI is InChI=1S/C26H22F2N2O6/c1-14(30-24(31)22-23(36-26(30)33)20(34-3)10-11-29-22)25(32)35-15(2)21(16-6-4-8-18(27)12-16)17-7-5-9-19(28)13-17/h4-15,21H,1-3H3/t14-,15-/m0/s1. The van der Waals surface area contributed by atoms with E-state index in [9.17, 15) is 23.2 Å². The number of hydrogen-bond donors (Lipinski definition) is 0. The van der Waals surface area contributed by atoms with Gasteiger partial charge in [0.1, 0.15) is 23.8 Å². The minimum Gasteiger partial charge on any atom is -0.493 e. The van der Waals surface area contributed by atoms with Crippen molar-refractivity contribution in [2.45, 2.75) is 31.9 Å². The lowest BCUT2D eigenvalue weighted by atomic mass is 9.87. The fourth-order valence-corrected chi connectivity index (χ4v) is 4.10. The van der Waals surface area contributed by atoms with E-state index < -0.39 is 47.0 Å². The molecule has 0 saturated carbocycles. The van der Waals surface area contributed by atoms with Crippen molar-refractivity contribution in [3.8, 4) is 5.75 Å². The predicted octanol–water partition coefficient (Wildman–Crippen LogP) is 3.96. The van der Waals surface area contributed by atoms with E-state index in [1.54, 1.807) is 19.1 Å². The van der Waals surface area contributed by atoms with Crippen LogP contribution in [0.15, 0.2) is 74.8 Å². The SMILES string of the molecule is COc1ccnc2c(=O)n([C@@H](C)C(=O)O[C@@H](C)C(c3cccc(F)c3)c3cccc(F)c3)c(=O)oc12. The summed E-state index contributed by atoms with van der Waals surface area (Å²) in [6.45, 7) is 2.86. The third-order valence-electron chi connectivity index (χ3n) is 5.81. The van der Waals surface area contributed by atoms with Crippen molar-refractivity contribution in [3.05, 3.63) is 104 Å². The predicted molar refractivity (Wildman–Crippen MR) is 126 cm³/mol. The molecule has 0 aliphatic rings. The molecule has 8 nitrogen and oxygen atoms in total. The first-order valence-corrected chi connectivity index (χ1v) is 11.0. The first-order valence-electron chi connectivity index (χ1n) is 11.0. The summed E-state index contributed by atoms with van der Waals surface area (Å²) in [5.41, 5.74) is -0.292. The molecule has 0 aliphatic carbocycles. The van der Waals surface area contributed by atoms with E-state index in [4.69, 9.17) is 13.9 Å². The van der Waals surface area contributed by atoms with Crippen LogP contribution in [0.25, 0.3) is 11.1 Å². The number of halogens is 2. The van der Waals surface area contributed by atoms with Gasteiger partial charge in [-0.2, -0.15) is 0 Å².